The molecule has 0 bridgehead atoms. The second-order valence-corrected chi connectivity index (χ2v) is 10.5. The molecule has 0 saturated heterocycles. The van der Waals surface area contributed by atoms with Gasteiger partial charge in [-0.15, -0.1) is 0 Å². The molecule has 0 aromatic heterocycles. The molecule has 214 valence electrons. The lowest BCUT2D eigenvalue weighted by Crippen LogP contribution is -2.53. The van der Waals surface area contributed by atoms with Crippen molar-refractivity contribution in [2.45, 2.75) is 54.9 Å². The number of anilines is 1. The lowest BCUT2D eigenvalue weighted by Gasteiger charge is -2.32. The zero-order valence-corrected chi connectivity index (χ0v) is 21.1. The van der Waals surface area contributed by atoms with Crippen LogP contribution in [0, 0.1) is 0 Å². The summed E-state index contributed by atoms with van der Waals surface area (Å²) in [5.41, 5.74) is -6.49. The number of rotatable bonds is 7. The highest BCUT2D eigenvalue weighted by molar-refractivity contribution is 7.89. The van der Waals surface area contributed by atoms with E-state index >= 15 is 0 Å². The lowest BCUT2D eigenvalue weighted by atomic mass is 9.92. The van der Waals surface area contributed by atoms with Crippen molar-refractivity contribution < 1.29 is 54.6 Å². The Morgan fingerprint density at radius 2 is 1.62 bits per heavy atom. The van der Waals surface area contributed by atoms with Crippen LogP contribution in [0.3, 0.4) is 0 Å². The summed E-state index contributed by atoms with van der Waals surface area (Å²) in [6.45, 7) is 1.24. The third kappa shape index (κ3) is 5.46. The topological polar surface area (TPSA) is 136 Å². The monoisotopic (exact) mass is 583 g/mol. The zero-order chi connectivity index (χ0) is 29.6. The summed E-state index contributed by atoms with van der Waals surface area (Å²) in [7, 11) is -2.70. The molecule has 1 heterocycles. The van der Waals surface area contributed by atoms with E-state index in [0.717, 1.165) is 4.90 Å². The first-order valence-electron chi connectivity index (χ1n) is 11.2. The molecule has 2 aromatic carbocycles. The Morgan fingerprint density at radius 1 is 1.05 bits per heavy atom. The van der Waals surface area contributed by atoms with E-state index in [1.807, 2.05) is 0 Å². The molecular weight excluding hydrogens is 560 g/mol. The van der Waals surface area contributed by atoms with Crippen LogP contribution in [-0.4, -0.2) is 60.8 Å². The Labute approximate surface area is 218 Å². The summed E-state index contributed by atoms with van der Waals surface area (Å²) in [5, 5.41) is 21.9. The molecule has 3 rings (SSSR count). The Bertz CT molecular complexity index is 1350. The van der Waals surface area contributed by atoms with Crippen molar-refractivity contribution in [1.29, 1.82) is 0 Å². The van der Waals surface area contributed by atoms with E-state index in [4.69, 9.17) is 0 Å². The molecule has 1 aliphatic heterocycles. The van der Waals surface area contributed by atoms with Gasteiger partial charge >= 0.3 is 12.4 Å². The van der Waals surface area contributed by atoms with Gasteiger partial charge in [0.05, 0.1) is 4.90 Å². The van der Waals surface area contributed by atoms with Crippen molar-refractivity contribution in [1.82, 2.24) is 9.62 Å². The van der Waals surface area contributed by atoms with Crippen LogP contribution >= 0.6 is 0 Å². The number of alkyl halides is 6. The zero-order valence-electron chi connectivity index (χ0n) is 20.3. The highest BCUT2D eigenvalue weighted by atomic mass is 32.2. The molecule has 9 nitrogen and oxygen atoms in total. The number of carbonyl (C=O) groups is 2. The second-order valence-electron chi connectivity index (χ2n) is 8.63. The highest BCUT2D eigenvalue weighted by Gasteiger charge is 2.71. The van der Waals surface area contributed by atoms with E-state index in [-0.39, 0.29) is 34.7 Å². The number of nitrogens with zero attached hydrogens (tertiary/aromatic N) is 1. The van der Waals surface area contributed by atoms with Crippen molar-refractivity contribution in [3.05, 3.63) is 59.2 Å². The van der Waals surface area contributed by atoms with Gasteiger partial charge in [0.2, 0.25) is 10.0 Å². The molecule has 4 N–H and O–H groups in total. The molecule has 2 aromatic rings. The number of amides is 2. The average Bonchev–Trinajstić information content (AvgIpc) is 3.25. The van der Waals surface area contributed by atoms with Gasteiger partial charge in [0.25, 0.3) is 17.4 Å². The fourth-order valence-electron chi connectivity index (χ4n) is 4.06. The number of aliphatic hydroxyl groups is 2. The van der Waals surface area contributed by atoms with Crippen molar-refractivity contribution >= 4 is 27.5 Å². The number of nitrogens with one attached hydrogen (secondary N) is 2. The van der Waals surface area contributed by atoms with Gasteiger partial charge in [0.15, 0.2) is 0 Å². The smallest absolute Gasteiger partial charge is 0.383 e. The lowest BCUT2D eigenvalue weighted by molar-refractivity contribution is -0.376. The number of halogens is 6. The first-order valence-corrected chi connectivity index (χ1v) is 12.7. The van der Waals surface area contributed by atoms with Crippen LogP contribution in [-0.2, 0) is 31.8 Å². The highest BCUT2D eigenvalue weighted by Crippen LogP contribution is 2.50. The van der Waals surface area contributed by atoms with Gasteiger partial charge in [0, 0.05) is 17.8 Å². The predicted octanol–water partition coefficient (Wildman–Crippen LogP) is 2.70. The first-order chi connectivity index (χ1) is 17.9. The summed E-state index contributed by atoms with van der Waals surface area (Å²) in [5.74, 6) is -1.80. The number of benzene rings is 2. The van der Waals surface area contributed by atoms with Crippen molar-refractivity contribution in [3.63, 3.8) is 0 Å². The minimum Gasteiger partial charge on any atom is -0.383 e. The molecule has 39 heavy (non-hydrogen) atoms. The number of aliphatic hydroxyl groups excluding tert-OH is 1. The molecule has 0 unspecified atom stereocenters. The van der Waals surface area contributed by atoms with Gasteiger partial charge in [-0.05, 0) is 48.9 Å². The van der Waals surface area contributed by atoms with Crippen molar-refractivity contribution in [2.24, 2.45) is 0 Å². The first kappa shape index (κ1) is 30.3. The average molecular weight is 584 g/mol. The van der Waals surface area contributed by atoms with E-state index in [1.165, 1.54) is 32.2 Å². The summed E-state index contributed by atoms with van der Waals surface area (Å²) in [6, 6.07) is 4.39. The Morgan fingerprint density at radius 3 is 2.10 bits per heavy atom. The van der Waals surface area contributed by atoms with Crippen LogP contribution in [0.1, 0.15) is 36.1 Å². The molecule has 0 saturated carbocycles. The summed E-state index contributed by atoms with van der Waals surface area (Å²) in [4.78, 5) is 26.8. The summed E-state index contributed by atoms with van der Waals surface area (Å²) >= 11 is 0. The Balaban J connectivity index is 1.97. The van der Waals surface area contributed by atoms with E-state index < -0.39 is 57.5 Å². The second kappa shape index (κ2) is 10.4. The molecule has 2 amide bonds. The SMILES string of the molecule is CC[C@@H](O)C(=O)N1Cc2cc(S(=O)(=O)NC)ccc2[C@@H]1C(=O)Nc1ccc(C(O)(C(F)(F)F)C(F)(F)F)cc1. The van der Waals surface area contributed by atoms with Crippen molar-refractivity contribution in [3.8, 4) is 0 Å². The minimum atomic E-state index is -6.09. The van der Waals surface area contributed by atoms with Gasteiger partial charge in [0.1, 0.15) is 12.1 Å². The van der Waals surface area contributed by atoms with Gasteiger partial charge in [-0.25, -0.2) is 13.1 Å². The molecule has 0 radical (unpaired) electrons. The quantitative estimate of drug-likeness (QED) is 0.370. The van der Waals surface area contributed by atoms with Gasteiger partial charge < -0.3 is 20.4 Å². The van der Waals surface area contributed by atoms with Crippen LogP contribution in [0.25, 0.3) is 0 Å². The fraction of sp³-hybridized carbons (Fsp3) is 0.391. The number of hydrogen-bond donors (Lipinski definition) is 4. The normalized spacial score (nSPS) is 17.1. The minimum absolute atomic E-state index is 0.0117. The Kier molecular flexibility index (Phi) is 8.09. The molecule has 0 spiro atoms. The van der Waals surface area contributed by atoms with Gasteiger partial charge in [-0.2, -0.15) is 26.3 Å². The van der Waals surface area contributed by atoms with E-state index in [1.54, 1.807) is 0 Å². The summed E-state index contributed by atoms with van der Waals surface area (Å²) in [6.07, 6.45) is -13.7. The molecule has 16 heteroatoms. The van der Waals surface area contributed by atoms with E-state index in [2.05, 4.69) is 10.0 Å². The molecule has 1 aliphatic rings. The van der Waals surface area contributed by atoms with Crippen LogP contribution in [0.2, 0.25) is 0 Å². The predicted molar refractivity (Wildman–Crippen MR) is 123 cm³/mol. The fourth-order valence-corrected chi connectivity index (χ4v) is 4.84. The molecule has 0 aliphatic carbocycles. The van der Waals surface area contributed by atoms with Crippen LogP contribution in [0.15, 0.2) is 47.4 Å². The van der Waals surface area contributed by atoms with Crippen LogP contribution in [0.5, 0.6) is 0 Å². The van der Waals surface area contributed by atoms with E-state index in [9.17, 15) is 54.6 Å². The van der Waals surface area contributed by atoms with Crippen LogP contribution < -0.4 is 10.0 Å². The third-order valence-corrected chi connectivity index (χ3v) is 7.65. The van der Waals surface area contributed by atoms with Gasteiger partial charge in [-0.3, -0.25) is 9.59 Å². The van der Waals surface area contributed by atoms with E-state index in [0.29, 0.717) is 24.3 Å². The Hall–Kier alpha value is -3.21. The number of fused-ring (bicyclic) bond motifs is 1. The largest absolute Gasteiger partial charge is 0.430 e. The third-order valence-electron chi connectivity index (χ3n) is 6.23. The summed E-state index contributed by atoms with van der Waals surface area (Å²) < 4.78 is 105. The number of hydrogen-bond acceptors (Lipinski definition) is 6. The number of sulfonamides is 1. The number of carbonyl (C=O) groups excluding carboxylic acids is 2. The molecule has 0 fully saturated rings. The standard InChI is InChI=1S/C23H23F6N3O6S/c1-3-17(33)20(35)32-11-12-10-15(39(37,38)30-2)8-9-16(12)18(32)19(34)31-14-6-4-13(5-7-14)21(36,22(24,25)26)23(27,28)29/h4-10,17-18,30,33,36H,3,11H2,1-2H3,(H,31,34)/t17-,18-/m1/s1. The molecule has 2 atom stereocenters. The van der Waals surface area contributed by atoms with Crippen molar-refractivity contribution in [2.75, 3.05) is 12.4 Å². The maximum atomic E-state index is 13.2. The van der Waals surface area contributed by atoms with Gasteiger partial charge in [-0.1, -0.05) is 25.1 Å². The maximum Gasteiger partial charge on any atom is 0.430 e. The van der Waals surface area contributed by atoms with Crippen LogP contribution in [0.4, 0.5) is 32.0 Å². The maximum absolute atomic E-state index is 13.2. The molecular formula is C23H23F6N3O6S.